The average Bonchev–Trinajstić information content (AvgIpc) is 3.43. The fourth-order valence-electron chi connectivity index (χ4n) is 7.86. The van der Waals surface area contributed by atoms with Gasteiger partial charge in [-0.3, -0.25) is 14.4 Å². The van der Waals surface area contributed by atoms with E-state index in [2.05, 4.69) is 26.0 Å². The first-order chi connectivity index (χ1) is 16.1. The first-order valence-corrected chi connectivity index (χ1v) is 12.9. The largest absolute Gasteiger partial charge is 0.450 e. The van der Waals surface area contributed by atoms with Crippen molar-refractivity contribution in [3.05, 3.63) is 35.6 Å². The molecule has 5 aliphatic rings. The lowest BCUT2D eigenvalue weighted by Gasteiger charge is -2.55. The molecule has 1 saturated heterocycles. The van der Waals surface area contributed by atoms with E-state index in [9.17, 15) is 14.4 Å². The molecule has 1 heterocycles. The number of Topliss-reactive ketones (excluding diaryl/α,β-unsaturated/α-hetero) is 1. The van der Waals surface area contributed by atoms with E-state index in [4.69, 9.17) is 25.8 Å². The number of hydrogen-bond acceptors (Lipinski definition) is 6. The van der Waals surface area contributed by atoms with Crippen LogP contribution >= 0.6 is 11.6 Å². The predicted molar refractivity (Wildman–Crippen MR) is 126 cm³/mol. The van der Waals surface area contributed by atoms with E-state index in [0.717, 1.165) is 18.4 Å². The molecule has 7 heteroatoms. The maximum atomic E-state index is 13.3. The number of halogens is 1. The molecule has 4 aliphatic carbocycles. The third kappa shape index (κ3) is 2.94. The number of ether oxygens (including phenoxy) is 3. The van der Waals surface area contributed by atoms with Gasteiger partial charge in [-0.25, -0.2) is 0 Å². The minimum Gasteiger partial charge on any atom is -0.450 e. The number of fused-ring (bicyclic) bond motifs is 3. The molecule has 7 atom stereocenters. The average molecular weight is 489 g/mol. The molecule has 0 N–H and O–H groups in total. The molecular weight excluding hydrogens is 456 g/mol. The Morgan fingerprint density at radius 1 is 1.24 bits per heavy atom. The Hall–Kier alpha value is -1.92. The highest BCUT2D eigenvalue weighted by molar-refractivity contribution is 6.29. The van der Waals surface area contributed by atoms with E-state index < -0.39 is 11.0 Å². The number of ketones is 1. The van der Waals surface area contributed by atoms with E-state index in [1.54, 1.807) is 0 Å². The summed E-state index contributed by atoms with van der Waals surface area (Å²) >= 11 is 6.09. The minimum atomic E-state index is -1.19. The molecule has 5 rings (SSSR count). The quantitative estimate of drug-likeness (QED) is 0.303. The van der Waals surface area contributed by atoms with Gasteiger partial charge in [0, 0.05) is 24.2 Å². The minimum absolute atomic E-state index is 0.0498. The highest BCUT2D eigenvalue weighted by atomic mass is 35.5. The maximum absolute atomic E-state index is 13.3. The lowest BCUT2D eigenvalue weighted by Crippen LogP contribution is -2.62. The van der Waals surface area contributed by atoms with Gasteiger partial charge in [0.15, 0.2) is 11.4 Å². The number of carbonyl (C=O) groups excluding carboxylic acids is 3. The Kier molecular flexibility index (Phi) is 5.45. The second-order valence-corrected chi connectivity index (χ2v) is 11.2. The standard InChI is InChI=1S/C27H33ClO6/c1-5-6-23(31)34-26(21(30)15-28)12-10-19-20-8-7-17-13-18(32-16(2)29)9-11-24(17,3)27(20)22(33-27)14-25(19,26)4/h7,9,11,13,19-20,22H,5-6,8,10,12,14-15H2,1-4H3/t19-,20-,22-,24-,25-,26-,27+/m0/s1. The van der Waals surface area contributed by atoms with Crippen LogP contribution in [0, 0.1) is 22.7 Å². The summed E-state index contributed by atoms with van der Waals surface area (Å²) in [5.41, 5.74) is -1.35. The molecule has 1 aliphatic heterocycles. The summed E-state index contributed by atoms with van der Waals surface area (Å²) in [4.78, 5) is 37.4. The zero-order valence-electron chi connectivity index (χ0n) is 20.3. The Morgan fingerprint density at radius 2 is 2.00 bits per heavy atom. The Morgan fingerprint density at radius 3 is 2.68 bits per heavy atom. The number of epoxide rings is 1. The molecule has 6 nitrogen and oxygen atoms in total. The van der Waals surface area contributed by atoms with Gasteiger partial charge in [0.2, 0.25) is 0 Å². The maximum Gasteiger partial charge on any atom is 0.308 e. The van der Waals surface area contributed by atoms with Crippen LogP contribution in [0.5, 0.6) is 0 Å². The molecule has 0 aromatic carbocycles. The van der Waals surface area contributed by atoms with Gasteiger partial charge in [-0.05, 0) is 68.6 Å². The third-order valence-electron chi connectivity index (χ3n) is 9.41. The van der Waals surface area contributed by atoms with E-state index >= 15 is 0 Å². The van der Waals surface area contributed by atoms with Gasteiger partial charge in [-0.1, -0.05) is 26.0 Å². The topological polar surface area (TPSA) is 82.2 Å². The van der Waals surface area contributed by atoms with E-state index in [-0.39, 0.29) is 59.0 Å². The molecule has 0 aromatic rings. The van der Waals surface area contributed by atoms with Crippen LogP contribution in [0.15, 0.2) is 35.6 Å². The predicted octanol–water partition coefficient (Wildman–Crippen LogP) is 4.80. The van der Waals surface area contributed by atoms with E-state index in [1.165, 1.54) is 6.92 Å². The van der Waals surface area contributed by atoms with Gasteiger partial charge in [-0.2, -0.15) is 0 Å². The van der Waals surface area contributed by atoms with Gasteiger partial charge in [0.05, 0.1) is 12.0 Å². The monoisotopic (exact) mass is 488 g/mol. The van der Waals surface area contributed by atoms with Crippen LogP contribution in [-0.2, 0) is 28.6 Å². The van der Waals surface area contributed by atoms with Crippen LogP contribution < -0.4 is 0 Å². The van der Waals surface area contributed by atoms with Crippen molar-refractivity contribution in [3.8, 4) is 0 Å². The van der Waals surface area contributed by atoms with Gasteiger partial charge in [0.1, 0.15) is 11.4 Å². The molecule has 3 fully saturated rings. The summed E-state index contributed by atoms with van der Waals surface area (Å²) in [5, 5.41) is 0. The Bertz CT molecular complexity index is 1040. The highest BCUT2D eigenvalue weighted by Gasteiger charge is 2.81. The molecule has 1 spiro atoms. The normalized spacial score (nSPS) is 43.4. The fourth-order valence-corrected chi connectivity index (χ4v) is 8.07. The van der Waals surface area contributed by atoms with Crippen molar-refractivity contribution >= 4 is 29.3 Å². The van der Waals surface area contributed by atoms with Crippen LogP contribution in [0.1, 0.15) is 66.2 Å². The van der Waals surface area contributed by atoms with Crippen molar-refractivity contribution in [2.24, 2.45) is 22.7 Å². The Balaban J connectivity index is 1.52. The zero-order valence-corrected chi connectivity index (χ0v) is 21.1. The van der Waals surface area contributed by atoms with Crippen molar-refractivity contribution in [1.82, 2.24) is 0 Å². The zero-order chi connectivity index (χ0) is 24.5. The van der Waals surface area contributed by atoms with Crippen LogP contribution in [0.4, 0.5) is 0 Å². The molecule has 0 aromatic heterocycles. The summed E-state index contributed by atoms with van der Waals surface area (Å²) in [7, 11) is 0. The van der Waals surface area contributed by atoms with Crippen LogP contribution in [0.3, 0.4) is 0 Å². The van der Waals surface area contributed by atoms with Crippen molar-refractivity contribution in [2.75, 3.05) is 5.88 Å². The van der Waals surface area contributed by atoms with Crippen LogP contribution in [-0.4, -0.2) is 40.9 Å². The first-order valence-electron chi connectivity index (χ1n) is 12.4. The number of alkyl halides is 1. The number of carbonyl (C=O) groups is 3. The molecule has 0 amide bonds. The number of esters is 2. The SMILES string of the molecule is CCCC(=O)O[C@]1(C(=O)CCl)CC[C@H]2[C@@H]3CC=C4C=C(OC(C)=O)C=C[C@]4(C)[C@@]34O[C@H]4C[C@@]21C. The summed E-state index contributed by atoms with van der Waals surface area (Å²) in [5.74, 6) is -0.141. The lowest BCUT2D eigenvalue weighted by molar-refractivity contribution is -0.185. The second-order valence-electron chi connectivity index (χ2n) is 11.0. The summed E-state index contributed by atoms with van der Waals surface area (Å²) in [6.45, 7) is 7.63. The van der Waals surface area contributed by atoms with Crippen LogP contribution in [0.2, 0.25) is 0 Å². The highest BCUT2D eigenvalue weighted by Crippen LogP contribution is 2.75. The first kappa shape index (κ1) is 23.8. The van der Waals surface area contributed by atoms with Crippen LogP contribution in [0.25, 0.3) is 0 Å². The molecule has 0 bridgehead atoms. The smallest absolute Gasteiger partial charge is 0.308 e. The van der Waals surface area contributed by atoms with Gasteiger partial charge < -0.3 is 14.2 Å². The molecule has 34 heavy (non-hydrogen) atoms. The van der Waals surface area contributed by atoms with E-state index in [0.29, 0.717) is 25.0 Å². The second kappa shape index (κ2) is 7.79. The van der Waals surface area contributed by atoms with E-state index in [1.807, 2.05) is 19.1 Å². The fraction of sp³-hybridized carbons (Fsp3) is 0.667. The van der Waals surface area contributed by atoms with Gasteiger partial charge in [-0.15, -0.1) is 11.6 Å². The van der Waals surface area contributed by atoms with Gasteiger partial charge in [0.25, 0.3) is 0 Å². The van der Waals surface area contributed by atoms with Crippen molar-refractivity contribution in [3.63, 3.8) is 0 Å². The van der Waals surface area contributed by atoms with Gasteiger partial charge >= 0.3 is 11.9 Å². The summed E-state index contributed by atoms with van der Waals surface area (Å²) in [6, 6.07) is 0. The number of hydrogen-bond donors (Lipinski definition) is 0. The van der Waals surface area contributed by atoms with Crippen molar-refractivity contribution in [2.45, 2.75) is 83.5 Å². The molecular formula is C27H33ClO6. The molecule has 0 radical (unpaired) electrons. The summed E-state index contributed by atoms with van der Waals surface area (Å²) < 4.78 is 18.0. The summed E-state index contributed by atoms with van der Waals surface area (Å²) in [6.07, 6.45) is 11.8. The number of allylic oxidation sites excluding steroid dienone is 3. The number of rotatable bonds is 6. The molecule has 0 unspecified atom stereocenters. The van der Waals surface area contributed by atoms with Crippen molar-refractivity contribution < 1.29 is 28.6 Å². The molecule has 184 valence electrons. The van der Waals surface area contributed by atoms with Crippen molar-refractivity contribution in [1.29, 1.82) is 0 Å². The molecule has 2 saturated carbocycles. The Labute approximate surface area is 205 Å². The third-order valence-corrected chi connectivity index (χ3v) is 9.65. The lowest BCUT2D eigenvalue weighted by atomic mass is 9.48.